The molecule has 1 unspecified atom stereocenters. The maximum atomic E-state index is 5.52. The molecule has 0 radical (unpaired) electrons. The van der Waals surface area contributed by atoms with Crippen molar-refractivity contribution in [1.82, 2.24) is 9.55 Å². The lowest BCUT2D eigenvalue weighted by Gasteiger charge is -2.24. The molecule has 1 aliphatic rings. The molecule has 1 atom stereocenters. The van der Waals surface area contributed by atoms with E-state index in [4.69, 9.17) is 17.0 Å². The second-order valence-corrected chi connectivity index (χ2v) is 6.03. The number of nitrogens with one attached hydrogen (secondary N) is 1. The van der Waals surface area contributed by atoms with Gasteiger partial charge < -0.3 is 14.3 Å². The predicted molar refractivity (Wildman–Crippen MR) is 73.9 cm³/mol. The molecule has 2 heterocycles. The minimum absolute atomic E-state index is 0.0246. The topological polar surface area (TPSA) is 29.9 Å². The summed E-state index contributed by atoms with van der Waals surface area (Å²) >= 11 is 8.92. The van der Waals surface area contributed by atoms with E-state index in [-0.39, 0.29) is 5.54 Å². The van der Waals surface area contributed by atoms with Gasteiger partial charge in [0, 0.05) is 11.1 Å². The predicted octanol–water partition coefficient (Wildman–Crippen LogP) is 3.60. The van der Waals surface area contributed by atoms with Crippen LogP contribution in [-0.4, -0.2) is 22.8 Å². The molecule has 5 heteroatoms. The average Bonchev–Trinajstić information content (AvgIpc) is 2.81. The van der Waals surface area contributed by atoms with E-state index in [2.05, 4.69) is 44.5 Å². The molecule has 1 fully saturated rings. The molecule has 0 aliphatic carbocycles. The Hall–Kier alpha value is -0.650. The molecule has 1 saturated heterocycles. The zero-order valence-corrected chi connectivity index (χ0v) is 11.9. The van der Waals surface area contributed by atoms with E-state index in [0.717, 1.165) is 39.9 Å². The third-order valence-electron chi connectivity index (χ3n) is 3.38. The number of halogens is 1. The van der Waals surface area contributed by atoms with E-state index in [9.17, 15) is 0 Å². The summed E-state index contributed by atoms with van der Waals surface area (Å²) in [7, 11) is 0. The Kier molecular flexibility index (Phi) is 2.65. The Morgan fingerprint density at radius 2 is 2.35 bits per heavy atom. The zero-order chi connectivity index (χ0) is 12.0. The largest absolute Gasteiger partial charge is 0.379 e. The molecule has 17 heavy (non-hydrogen) atoms. The molecule has 1 aliphatic heterocycles. The van der Waals surface area contributed by atoms with Crippen molar-refractivity contribution in [2.24, 2.45) is 0 Å². The number of rotatable bonds is 1. The SMILES string of the molecule is CC1(n2c(=S)[nH]c3cc(Br)ccc32)CCOC1. The molecular formula is C12H13BrN2OS. The molecule has 1 aromatic carbocycles. The van der Waals surface area contributed by atoms with Gasteiger partial charge in [-0.25, -0.2) is 0 Å². The van der Waals surface area contributed by atoms with E-state index in [0.29, 0.717) is 0 Å². The lowest BCUT2D eigenvalue weighted by molar-refractivity contribution is 0.162. The summed E-state index contributed by atoms with van der Waals surface area (Å²) in [6.45, 7) is 3.73. The van der Waals surface area contributed by atoms with Crippen molar-refractivity contribution in [2.45, 2.75) is 18.9 Å². The third kappa shape index (κ3) is 1.77. The highest BCUT2D eigenvalue weighted by atomic mass is 79.9. The fourth-order valence-electron chi connectivity index (χ4n) is 2.45. The van der Waals surface area contributed by atoms with Crippen molar-refractivity contribution < 1.29 is 4.74 Å². The Labute approximate surface area is 113 Å². The quantitative estimate of drug-likeness (QED) is 0.815. The molecule has 0 spiro atoms. The van der Waals surface area contributed by atoms with Crippen LogP contribution in [0.15, 0.2) is 22.7 Å². The van der Waals surface area contributed by atoms with Gasteiger partial charge in [-0.15, -0.1) is 0 Å². The summed E-state index contributed by atoms with van der Waals surface area (Å²) < 4.78 is 9.54. The normalized spacial score (nSPS) is 24.6. The summed E-state index contributed by atoms with van der Waals surface area (Å²) in [5, 5.41) is 0. The van der Waals surface area contributed by atoms with E-state index in [1.165, 1.54) is 0 Å². The van der Waals surface area contributed by atoms with Gasteiger partial charge in [-0.1, -0.05) is 15.9 Å². The molecule has 90 valence electrons. The number of ether oxygens (including phenoxy) is 1. The number of benzene rings is 1. The highest BCUT2D eigenvalue weighted by Gasteiger charge is 2.33. The van der Waals surface area contributed by atoms with Gasteiger partial charge in [-0.3, -0.25) is 0 Å². The monoisotopic (exact) mass is 312 g/mol. The van der Waals surface area contributed by atoms with Crippen molar-refractivity contribution >= 4 is 39.2 Å². The van der Waals surface area contributed by atoms with Crippen LogP contribution >= 0.6 is 28.1 Å². The number of hydrogen-bond donors (Lipinski definition) is 1. The van der Waals surface area contributed by atoms with Gasteiger partial charge in [0.2, 0.25) is 0 Å². The van der Waals surface area contributed by atoms with Crippen LogP contribution in [0.1, 0.15) is 13.3 Å². The van der Waals surface area contributed by atoms with Gasteiger partial charge in [0.05, 0.1) is 23.2 Å². The molecule has 0 saturated carbocycles. The third-order valence-corrected chi connectivity index (χ3v) is 4.16. The maximum absolute atomic E-state index is 5.52. The first-order valence-electron chi connectivity index (χ1n) is 5.59. The molecule has 1 N–H and O–H groups in total. The van der Waals surface area contributed by atoms with Gasteiger partial charge in [0.1, 0.15) is 0 Å². The van der Waals surface area contributed by atoms with Crippen LogP contribution < -0.4 is 0 Å². The lowest BCUT2D eigenvalue weighted by Crippen LogP contribution is -2.30. The Balaban J connectivity index is 2.29. The van der Waals surface area contributed by atoms with Gasteiger partial charge in [-0.05, 0) is 43.8 Å². The second-order valence-electron chi connectivity index (χ2n) is 4.73. The molecule has 3 rings (SSSR count). The molecule has 0 amide bonds. The van der Waals surface area contributed by atoms with Gasteiger partial charge in [0.15, 0.2) is 4.77 Å². The van der Waals surface area contributed by atoms with Crippen LogP contribution in [0.25, 0.3) is 11.0 Å². The van der Waals surface area contributed by atoms with Crippen LogP contribution in [-0.2, 0) is 10.3 Å². The Morgan fingerprint density at radius 3 is 3.06 bits per heavy atom. The first kappa shape index (κ1) is 11.4. The van der Waals surface area contributed by atoms with Gasteiger partial charge in [0.25, 0.3) is 0 Å². The molecule has 2 aromatic rings. The Bertz CT molecular complexity index is 625. The smallest absolute Gasteiger partial charge is 0.178 e. The Morgan fingerprint density at radius 1 is 1.53 bits per heavy atom. The number of H-pyrrole nitrogens is 1. The van der Waals surface area contributed by atoms with Crippen molar-refractivity contribution in [1.29, 1.82) is 0 Å². The van der Waals surface area contributed by atoms with Gasteiger partial charge in [-0.2, -0.15) is 0 Å². The highest BCUT2D eigenvalue weighted by molar-refractivity contribution is 9.10. The van der Waals surface area contributed by atoms with Crippen molar-refractivity contribution in [3.8, 4) is 0 Å². The molecular weight excluding hydrogens is 300 g/mol. The molecule has 0 bridgehead atoms. The summed E-state index contributed by atoms with van der Waals surface area (Å²) in [5.41, 5.74) is 2.19. The van der Waals surface area contributed by atoms with Crippen LogP contribution in [0, 0.1) is 4.77 Å². The summed E-state index contributed by atoms with van der Waals surface area (Å²) in [6, 6.07) is 6.19. The number of aromatic nitrogens is 2. The minimum Gasteiger partial charge on any atom is -0.379 e. The summed E-state index contributed by atoms with van der Waals surface area (Å²) in [5.74, 6) is 0. The van der Waals surface area contributed by atoms with Gasteiger partial charge >= 0.3 is 0 Å². The number of aromatic amines is 1. The molecule has 3 nitrogen and oxygen atoms in total. The van der Waals surface area contributed by atoms with Crippen LogP contribution in [0.4, 0.5) is 0 Å². The van der Waals surface area contributed by atoms with Crippen molar-refractivity contribution in [3.63, 3.8) is 0 Å². The first-order chi connectivity index (χ1) is 8.10. The van der Waals surface area contributed by atoms with Crippen molar-refractivity contribution in [3.05, 3.63) is 27.4 Å². The second kappa shape index (κ2) is 3.93. The van der Waals surface area contributed by atoms with Crippen LogP contribution in [0.5, 0.6) is 0 Å². The zero-order valence-electron chi connectivity index (χ0n) is 9.50. The first-order valence-corrected chi connectivity index (χ1v) is 6.79. The summed E-state index contributed by atoms with van der Waals surface area (Å²) in [4.78, 5) is 3.26. The van der Waals surface area contributed by atoms with E-state index in [1.54, 1.807) is 0 Å². The van der Waals surface area contributed by atoms with Crippen molar-refractivity contribution in [2.75, 3.05) is 13.2 Å². The highest BCUT2D eigenvalue weighted by Crippen LogP contribution is 2.31. The van der Waals surface area contributed by atoms with E-state index < -0.39 is 0 Å². The number of nitrogens with zero attached hydrogens (tertiary/aromatic N) is 1. The average molecular weight is 313 g/mol. The number of fused-ring (bicyclic) bond motifs is 1. The maximum Gasteiger partial charge on any atom is 0.178 e. The van der Waals surface area contributed by atoms with Crippen LogP contribution in [0.2, 0.25) is 0 Å². The molecule has 1 aromatic heterocycles. The van der Waals surface area contributed by atoms with Crippen LogP contribution in [0.3, 0.4) is 0 Å². The fraction of sp³-hybridized carbons (Fsp3) is 0.417. The van der Waals surface area contributed by atoms with E-state index in [1.807, 2.05) is 6.07 Å². The number of imidazole rings is 1. The summed E-state index contributed by atoms with van der Waals surface area (Å²) in [6.07, 6.45) is 1.00. The fourth-order valence-corrected chi connectivity index (χ4v) is 3.24. The minimum atomic E-state index is -0.0246. The number of hydrogen-bond acceptors (Lipinski definition) is 2. The van der Waals surface area contributed by atoms with E-state index >= 15 is 0 Å². The lowest BCUT2D eigenvalue weighted by atomic mass is 10.0. The standard InChI is InChI=1S/C12H13BrN2OS/c1-12(4-5-16-7-12)15-10-3-2-8(13)6-9(10)14-11(15)17/h2-3,6H,4-5,7H2,1H3,(H,14,17).